The summed E-state index contributed by atoms with van der Waals surface area (Å²) in [7, 11) is 9.01. The number of rotatable bonds is 14. The highest BCUT2D eigenvalue weighted by atomic mass is 35.5. The predicted molar refractivity (Wildman–Crippen MR) is 505 cm³/mol. The van der Waals surface area contributed by atoms with E-state index in [0.29, 0.717) is 133 Å². The van der Waals surface area contributed by atoms with Gasteiger partial charge in [-0.3, -0.25) is 43.2 Å². The second-order valence-corrected chi connectivity index (χ2v) is 40.0. The molecule has 0 spiro atoms. The van der Waals surface area contributed by atoms with Gasteiger partial charge in [-0.1, -0.05) is 142 Å². The Morgan fingerprint density at radius 3 is 1.24 bits per heavy atom. The zero-order chi connectivity index (χ0) is 99.3. The second kappa shape index (κ2) is 54.6. The summed E-state index contributed by atoms with van der Waals surface area (Å²) < 4.78 is 64.5. The monoisotopic (exact) mass is 1900 g/mol. The quantitative estimate of drug-likeness (QED) is 0.0354. The first kappa shape index (κ1) is 114. The van der Waals surface area contributed by atoms with Crippen LogP contribution in [0.15, 0.2) is 95.2 Å². The molecule has 4 bridgehead atoms. The predicted octanol–water partition coefficient (Wildman–Crippen LogP) is 13.2. The molecular weight excluding hydrogens is 1740 g/mol. The van der Waals surface area contributed by atoms with E-state index in [0.717, 1.165) is 17.6 Å². The summed E-state index contributed by atoms with van der Waals surface area (Å²) in [5.41, 5.74) is 2.51. The van der Waals surface area contributed by atoms with E-state index in [1.165, 1.54) is 24.0 Å². The topological polar surface area (TPSA) is 397 Å². The normalized spacial score (nSPS) is 38.3. The maximum absolute atomic E-state index is 14.5. The first-order valence-corrected chi connectivity index (χ1v) is 49.4. The van der Waals surface area contributed by atoms with Gasteiger partial charge in [0.2, 0.25) is 11.6 Å². The Morgan fingerprint density at radius 1 is 0.463 bits per heavy atom. The highest BCUT2D eigenvalue weighted by molar-refractivity contribution is 6.39. The lowest BCUT2D eigenvalue weighted by Crippen LogP contribution is -2.61. The number of ether oxygens (including phenoxy) is 11. The van der Waals surface area contributed by atoms with Gasteiger partial charge < -0.3 is 87.4 Å². The van der Waals surface area contributed by atoms with Crippen molar-refractivity contribution in [3.63, 3.8) is 0 Å². The van der Waals surface area contributed by atoms with Crippen molar-refractivity contribution in [2.24, 2.45) is 71.0 Å². The molecule has 2 saturated carbocycles. The summed E-state index contributed by atoms with van der Waals surface area (Å²) in [6, 6.07) is -2.31. The van der Waals surface area contributed by atoms with Crippen LogP contribution in [0.25, 0.3) is 0 Å². The number of alkyl halides is 1. The smallest absolute Gasteiger partial charge is 0.329 e. The first-order chi connectivity index (χ1) is 63.4. The number of aliphatic hydroxyl groups is 5. The van der Waals surface area contributed by atoms with Crippen LogP contribution in [0, 0.1) is 71.0 Å². The van der Waals surface area contributed by atoms with Crippen molar-refractivity contribution in [1.82, 2.24) is 9.80 Å². The van der Waals surface area contributed by atoms with Gasteiger partial charge in [0.25, 0.3) is 23.4 Å². The average Bonchev–Trinajstić information content (AvgIpc) is 0.774. The number of halogens is 1. The summed E-state index contributed by atoms with van der Waals surface area (Å²) >= 11 is 5.71. The Kier molecular flexibility index (Phi) is 46.5. The lowest BCUT2D eigenvalue weighted by molar-refractivity contribution is -0.265. The summed E-state index contributed by atoms with van der Waals surface area (Å²) in [4.78, 5) is 156. The van der Waals surface area contributed by atoms with Crippen LogP contribution in [0.5, 0.6) is 0 Å². The van der Waals surface area contributed by atoms with Crippen LogP contribution in [0.3, 0.4) is 0 Å². The third-order valence-electron chi connectivity index (χ3n) is 29.3. The molecule has 6 fully saturated rings. The maximum atomic E-state index is 14.5. The van der Waals surface area contributed by atoms with E-state index in [2.05, 4.69) is 0 Å². The molecule has 4 saturated heterocycles. The number of fused-ring (bicyclic) bond motifs is 6. The van der Waals surface area contributed by atoms with E-state index < -0.39 is 186 Å². The van der Waals surface area contributed by atoms with Crippen molar-refractivity contribution in [3.8, 4) is 0 Å². The molecule has 30 heteroatoms. The third kappa shape index (κ3) is 31.5. The number of Topliss-reactive ketones (excluding diaryl/α,β-unsaturated/α-hetero) is 6. The highest BCUT2D eigenvalue weighted by Crippen LogP contribution is 2.42. The van der Waals surface area contributed by atoms with Gasteiger partial charge in [0, 0.05) is 117 Å². The summed E-state index contributed by atoms with van der Waals surface area (Å²) in [5, 5.41) is 57.3. The van der Waals surface area contributed by atoms with Crippen LogP contribution in [0.4, 0.5) is 0 Å². The Hall–Kier alpha value is -6.94. The molecule has 8 rings (SSSR count). The number of aliphatic hydroxyl groups excluding tert-OH is 3. The molecule has 2 aliphatic carbocycles. The summed E-state index contributed by atoms with van der Waals surface area (Å²) in [6.07, 6.45) is 21.9. The molecule has 6 aliphatic heterocycles. The fraction of sp³-hybridized carbons (Fsp3) is 0.740. The van der Waals surface area contributed by atoms with E-state index in [1.54, 1.807) is 89.1 Å². The van der Waals surface area contributed by atoms with Crippen molar-refractivity contribution >= 4 is 76.0 Å². The number of piperidine rings is 2. The van der Waals surface area contributed by atoms with Crippen LogP contribution >= 0.6 is 11.6 Å². The number of allylic oxidation sites excluding steroid dienone is 12. The van der Waals surface area contributed by atoms with Crippen LogP contribution in [-0.4, -0.2) is 270 Å². The van der Waals surface area contributed by atoms with Crippen molar-refractivity contribution in [2.75, 3.05) is 61.6 Å². The largest absolute Gasteiger partial charge is 0.460 e. The molecule has 30 atom stereocenters. The van der Waals surface area contributed by atoms with Crippen molar-refractivity contribution in [2.45, 2.75) is 360 Å². The molecule has 0 aromatic heterocycles. The molecule has 6 heterocycles. The Bertz CT molecular complexity index is 4170. The number of ketones is 6. The molecule has 0 unspecified atom stereocenters. The fourth-order valence-corrected chi connectivity index (χ4v) is 20.6. The van der Waals surface area contributed by atoms with Crippen molar-refractivity contribution in [3.05, 3.63) is 95.2 Å². The van der Waals surface area contributed by atoms with E-state index >= 15 is 0 Å². The Labute approximate surface area is 800 Å². The van der Waals surface area contributed by atoms with E-state index in [4.69, 9.17) is 63.7 Å². The van der Waals surface area contributed by atoms with Gasteiger partial charge in [0.15, 0.2) is 11.6 Å². The molecule has 0 aromatic carbocycles. The highest BCUT2D eigenvalue weighted by Gasteiger charge is 2.56. The Balaban J connectivity index is 0.000000366. The van der Waals surface area contributed by atoms with Crippen molar-refractivity contribution < 1.29 is 130 Å². The van der Waals surface area contributed by atoms with Crippen LogP contribution < -0.4 is 0 Å². The molecule has 8 aliphatic rings. The minimum absolute atomic E-state index is 0.00644. The van der Waals surface area contributed by atoms with Gasteiger partial charge >= 0.3 is 17.9 Å². The van der Waals surface area contributed by atoms with E-state index in [9.17, 15) is 78.3 Å². The molecular formula is C104H159ClN2O27. The van der Waals surface area contributed by atoms with Gasteiger partial charge in [-0.15, -0.1) is 11.6 Å². The average molecular weight is 1900 g/mol. The number of hydrogen-bond donors (Lipinski definition) is 5. The maximum Gasteiger partial charge on any atom is 0.329 e. The number of amides is 2. The Morgan fingerprint density at radius 2 is 0.858 bits per heavy atom. The summed E-state index contributed by atoms with van der Waals surface area (Å²) in [6.45, 7) is 25.4. The van der Waals surface area contributed by atoms with E-state index in [1.807, 2.05) is 109 Å². The third-order valence-corrected chi connectivity index (χ3v) is 29.5. The fourth-order valence-electron chi connectivity index (χ4n) is 20.6. The minimum atomic E-state index is -2.45. The lowest BCUT2D eigenvalue weighted by Gasteiger charge is -2.42. The van der Waals surface area contributed by atoms with Crippen LogP contribution in [0.1, 0.15) is 251 Å². The molecule has 0 aromatic rings. The van der Waals surface area contributed by atoms with Gasteiger partial charge in [0.1, 0.15) is 72.3 Å². The molecule has 5 N–H and O–H groups in total. The standard InChI is InChI=1S/C53H80ClNO14.C51H79NO13/c1-31-16-12-11-13-17-32(2)43(64-8)28-39-21-19-37(7)53(63,69-39)50(60)51(61)55-23-15-14-18-40(55)52(62)68-44(34(4)26-38-20-22-42(45(27-38)65-9)67-46(57)30-54)29-41(56)33(3)25-36(6)48(59)49(66-10)47(58)35(5)24-31;1-30-16-12-11-13-17-31(2)42(61-8)28-38-21-19-36(7)51(60,65-38)48(57)49(58)52-23-15-14-18-39(52)50(59)64-43(33(4)26-37-20-22-40(53)44(27-37)62-9)29-41(54)32(3)25-35(6)46(56)47(63-10)45(55)34(5)24-30/h11-13,16-17,25,31,33-35,37-40,42-45,48-49,59,63H,14-15,18-24,26-30H2,1-10H3;11-13,16-17,25,30,32-34,36-40,42-44,46-47,53,56,60H,14-15,18-24,26-29H2,1-10H3/b13-11?,16-12+,32-17?,36-25+;13-11?,16-12+,31-17?,35-25+/t31-,33-,34-,35-,37-,38+,39+,40+,42-,43+,44+,45-,48-,49+,53-;30-,32-,33-,34-,36-,37+,38+,39+,40-,42+,43+,44-,46-,47+,51-/m11/s1. The number of hydrogen-bond acceptors (Lipinski definition) is 27. The van der Waals surface area contributed by atoms with Crippen LogP contribution in [-0.2, 0) is 105 Å². The number of methoxy groups -OCH3 is 6. The van der Waals surface area contributed by atoms with E-state index in [-0.39, 0.29) is 103 Å². The zero-order valence-corrected chi connectivity index (χ0v) is 83.9. The SMILES string of the molecule is CO[C@H]1C[C@@H]2CC[C@@H](C)[C@@](O)(O2)C(=O)C(=O)N2CCCC[C@H]2C(=O)O[C@H]([C@H](C)C[C@@H]2CC[C@@H](O)[C@H](OC)C2)CC(=O)[C@H](C)/C=C(\C)[C@@H](O)[C@@H](OC)C(=O)[C@H](C)C[C@H](C)/C=C/C=CC=C1C.CO[C@H]1C[C@@H]2CC[C@@H](C)[C@@](O)(O2)C(=O)C(=O)N2CCCC[C@H]2C(=O)O[C@H]([C@H](C)C[C@@H]2CC[C@@H](OC(=O)CCl)[C@H](OC)C2)CC(=O)[C@H](C)/C=C(\C)[C@@H](O)[C@@H](OC)C(=O)[C@H](C)C[C@H](C)/C=C/C=CC=C1C. The minimum Gasteiger partial charge on any atom is -0.460 e. The van der Waals surface area contributed by atoms with Gasteiger partial charge in [0.05, 0.1) is 42.7 Å². The summed E-state index contributed by atoms with van der Waals surface area (Å²) in [5.74, 6) is -17.1. The van der Waals surface area contributed by atoms with Gasteiger partial charge in [-0.05, 0) is 214 Å². The van der Waals surface area contributed by atoms with Crippen molar-refractivity contribution in [1.29, 1.82) is 0 Å². The number of esters is 3. The number of carbonyl (C=O) groups is 11. The first-order valence-electron chi connectivity index (χ1n) is 48.9. The molecule has 134 heavy (non-hydrogen) atoms. The number of carbonyl (C=O) groups excluding carboxylic acids is 11. The van der Waals surface area contributed by atoms with Gasteiger partial charge in [-0.2, -0.15) is 0 Å². The van der Waals surface area contributed by atoms with Crippen LogP contribution in [0.2, 0.25) is 0 Å². The van der Waals surface area contributed by atoms with Gasteiger partial charge in [-0.25, -0.2) is 9.59 Å². The molecule has 0 radical (unpaired) electrons. The molecule has 29 nitrogen and oxygen atoms in total. The molecule has 2 amide bonds. The lowest BCUT2D eigenvalue weighted by atomic mass is 9.78. The zero-order valence-electron chi connectivity index (χ0n) is 83.2. The second-order valence-electron chi connectivity index (χ2n) is 39.8. The number of cyclic esters (lactones) is 2. The number of nitrogens with zero attached hydrogens (tertiary/aromatic N) is 2. The molecule has 754 valence electrons.